The van der Waals surface area contributed by atoms with E-state index in [1.807, 2.05) is 13.8 Å². The molecule has 3 heterocycles. The van der Waals surface area contributed by atoms with Crippen LogP contribution in [0.2, 0.25) is 0 Å². The molecule has 1 saturated heterocycles. The molecule has 0 spiro atoms. The summed E-state index contributed by atoms with van der Waals surface area (Å²) in [4.78, 5) is 36.9. The van der Waals surface area contributed by atoms with Gasteiger partial charge in [-0.1, -0.05) is 27.7 Å². The van der Waals surface area contributed by atoms with Gasteiger partial charge in [-0.15, -0.1) is 0 Å². The third-order valence-electron chi connectivity index (χ3n) is 5.31. The normalized spacial score (nSPS) is 25.1. The molecule has 1 fully saturated rings. The highest BCUT2D eigenvalue weighted by atomic mass is 19.1. The average molecular weight is 467 g/mol. The summed E-state index contributed by atoms with van der Waals surface area (Å²) in [5.74, 6) is -1.08. The van der Waals surface area contributed by atoms with Crippen LogP contribution in [0.15, 0.2) is 6.33 Å². The maximum atomic E-state index is 16.2. The molecule has 1 aliphatic rings. The number of carbonyl (C=O) groups excluding carboxylic acids is 2. The second-order valence-corrected chi connectivity index (χ2v) is 8.98. The summed E-state index contributed by atoms with van der Waals surface area (Å²) >= 11 is 0. The van der Waals surface area contributed by atoms with E-state index in [2.05, 4.69) is 20.3 Å². The fourth-order valence-corrected chi connectivity index (χ4v) is 3.64. The zero-order valence-corrected chi connectivity index (χ0v) is 19.7. The maximum Gasteiger partial charge on any atom is 0.308 e. The van der Waals surface area contributed by atoms with Gasteiger partial charge in [-0.2, -0.15) is 9.97 Å². The first-order valence-electron chi connectivity index (χ1n) is 10.8. The van der Waals surface area contributed by atoms with E-state index in [4.69, 9.17) is 19.9 Å². The minimum Gasteiger partial charge on any atom is -0.463 e. The fourth-order valence-electron chi connectivity index (χ4n) is 3.64. The van der Waals surface area contributed by atoms with Crippen molar-refractivity contribution in [3.63, 3.8) is 0 Å². The van der Waals surface area contributed by atoms with Gasteiger partial charge >= 0.3 is 11.9 Å². The highest BCUT2D eigenvalue weighted by Crippen LogP contribution is 2.44. The molecule has 33 heavy (non-hydrogen) atoms. The van der Waals surface area contributed by atoms with E-state index in [0.29, 0.717) is 11.3 Å². The molecule has 0 bridgehead atoms. The lowest BCUT2D eigenvalue weighted by atomic mass is 9.98. The van der Waals surface area contributed by atoms with Crippen molar-refractivity contribution in [1.29, 1.82) is 0 Å². The summed E-state index contributed by atoms with van der Waals surface area (Å²) < 4.78 is 34.4. The van der Waals surface area contributed by atoms with Gasteiger partial charge in [0.2, 0.25) is 5.95 Å². The first kappa shape index (κ1) is 24.6. The summed E-state index contributed by atoms with van der Waals surface area (Å²) in [6.07, 6.45) is -2.08. The van der Waals surface area contributed by atoms with Crippen molar-refractivity contribution in [1.82, 2.24) is 19.5 Å². The topological polar surface area (TPSA) is 143 Å². The number of nitrogens with one attached hydrogen (secondary N) is 1. The number of imidazole rings is 1. The van der Waals surface area contributed by atoms with Gasteiger partial charge in [0.15, 0.2) is 35.0 Å². The molecular weight excluding hydrogens is 435 g/mol. The molecule has 2 aromatic rings. The van der Waals surface area contributed by atoms with Crippen LogP contribution in [0.4, 0.5) is 16.2 Å². The molecule has 12 heteroatoms. The number of nitrogen functional groups attached to an aromatic ring is 1. The van der Waals surface area contributed by atoms with Gasteiger partial charge in [-0.05, 0) is 12.8 Å². The van der Waals surface area contributed by atoms with Crippen molar-refractivity contribution in [2.75, 3.05) is 24.7 Å². The number of hydrogen-bond acceptors (Lipinski definition) is 10. The lowest BCUT2D eigenvalue weighted by Crippen LogP contribution is -2.45. The minimum absolute atomic E-state index is 0.0332. The van der Waals surface area contributed by atoms with E-state index < -0.39 is 42.0 Å². The van der Waals surface area contributed by atoms with Crippen molar-refractivity contribution in [3.05, 3.63) is 6.33 Å². The van der Waals surface area contributed by atoms with E-state index in [1.54, 1.807) is 20.9 Å². The molecule has 0 saturated carbocycles. The molecule has 4 atom stereocenters. The third-order valence-corrected chi connectivity index (χ3v) is 5.31. The number of rotatable bonds is 8. The molecule has 0 aliphatic carbocycles. The van der Waals surface area contributed by atoms with Crippen LogP contribution in [0.5, 0.6) is 0 Å². The lowest BCUT2D eigenvalue weighted by Gasteiger charge is -2.28. The molecule has 0 unspecified atom stereocenters. The number of nitrogens with zero attached hydrogens (tertiary/aromatic N) is 4. The van der Waals surface area contributed by atoms with Crippen LogP contribution in [0.1, 0.15) is 47.3 Å². The Bertz CT molecular complexity index is 1020. The van der Waals surface area contributed by atoms with Crippen molar-refractivity contribution in [2.24, 2.45) is 11.8 Å². The zero-order valence-electron chi connectivity index (χ0n) is 19.7. The van der Waals surface area contributed by atoms with E-state index in [1.165, 1.54) is 17.8 Å². The van der Waals surface area contributed by atoms with Gasteiger partial charge < -0.3 is 25.3 Å². The number of hydrogen-bond donors (Lipinski definition) is 2. The number of halogens is 1. The predicted octanol–water partition coefficient (Wildman–Crippen LogP) is 2.23. The predicted molar refractivity (Wildman–Crippen MR) is 118 cm³/mol. The molecule has 2 aromatic heterocycles. The Hall–Kier alpha value is -3.02. The van der Waals surface area contributed by atoms with Crippen LogP contribution < -0.4 is 11.1 Å². The van der Waals surface area contributed by atoms with Gasteiger partial charge in [-0.25, -0.2) is 9.37 Å². The number of nitrogens with two attached hydrogens (primary N) is 1. The van der Waals surface area contributed by atoms with Gasteiger partial charge in [0, 0.05) is 13.5 Å². The Morgan fingerprint density at radius 3 is 2.64 bits per heavy atom. The minimum atomic E-state index is -2.20. The molecule has 0 amide bonds. The fraction of sp³-hybridized carbons (Fsp3) is 0.667. The second-order valence-electron chi connectivity index (χ2n) is 8.98. The Morgan fingerprint density at radius 2 is 2.03 bits per heavy atom. The van der Waals surface area contributed by atoms with E-state index >= 15 is 4.39 Å². The van der Waals surface area contributed by atoms with E-state index in [-0.39, 0.29) is 30.5 Å². The van der Waals surface area contributed by atoms with Gasteiger partial charge in [0.05, 0.1) is 12.2 Å². The third kappa shape index (κ3) is 5.00. The Labute approximate surface area is 191 Å². The highest BCUT2D eigenvalue weighted by Gasteiger charge is 2.58. The van der Waals surface area contributed by atoms with Gasteiger partial charge in [0.25, 0.3) is 0 Å². The molecule has 0 aromatic carbocycles. The number of alkyl halides is 1. The number of aromatic nitrogens is 4. The second kappa shape index (κ2) is 9.46. The molecule has 11 nitrogen and oxygen atoms in total. The number of ether oxygens (including phenoxy) is 3. The molecule has 182 valence electrons. The Balaban J connectivity index is 1.96. The first-order valence-corrected chi connectivity index (χ1v) is 10.8. The summed E-state index contributed by atoms with van der Waals surface area (Å²) in [5.41, 5.74) is 4.21. The Kier molecular flexibility index (Phi) is 7.06. The van der Waals surface area contributed by atoms with Crippen LogP contribution in [0, 0.1) is 11.8 Å². The van der Waals surface area contributed by atoms with Crippen LogP contribution in [-0.2, 0) is 23.8 Å². The molecule has 3 N–H and O–H groups in total. The largest absolute Gasteiger partial charge is 0.463 e. The monoisotopic (exact) mass is 466 g/mol. The number of anilines is 2. The zero-order chi connectivity index (χ0) is 24.5. The van der Waals surface area contributed by atoms with Crippen molar-refractivity contribution in [2.45, 2.75) is 65.1 Å². The summed E-state index contributed by atoms with van der Waals surface area (Å²) in [6.45, 7) is 8.04. The van der Waals surface area contributed by atoms with Crippen LogP contribution >= 0.6 is 0 Å². The number of fused-ring (bicyclic) bond motifs is 1. The van der Waals surface area contributed by atoms with E-state index in [0.717, 1.165) is 0 Å². The summed E-state index contributed by atoms with van der Waals surface area (Å²) in [5, 5.41) is 2.87. The molecule has 3 rings (SSSR count). The highest BCUT2D eigenvalue weighted by molar-refractivity contribution is 5.84. The average Bonchev–Trinajstić information content (AvgIpc) is 3.23. The summed E-state index contributed by atoms with van der Waals surface area (Å²) in [6, 6.07) is 0. The SMILES string of the molecule is CNc1nc(N)nc2c1ncn2[C@@H]1O[C@H](COC(=O)CC(C)C)[C@@H](OC(=O)C(C)C)[C@@]1(C)F. The summed E-state index contributed by atoms with van der Waals surface area (Å²) in [7, 11) is 1.65. The van der Waals surface area contributed by atoms with Gasteiger partial charge in [0.1, 0.15) is 12.7 Å². The lowest BCUT2D eigenvalue weighted by molar-refractivity contribution is -0.164. The Morgan fingerprint density at radius 1 is 1.33 bits per heavy atom. The smallest absolute Gasteiger partial charge is 0.308 e. The number of esters is 2. The maximum absolute atomic E-state index is 16.2. The first-order chi connectivity index (χ1) is 15.4. The van der Waals surface area contributed by atoms with Crippen LogP contribution in [-0.4, -0.2) is 63.0 Å². The van der Waals surface area contributed by atoms with Crippen molar-refractivity contribution in [3.8, 4) is 0 Å². The van der Waals surface area contributed by atoms with E-state index in [9.17, 15) is 9.59 Å². The van der Waals surface area contributed by atoms with Crippen molar-refractivity contribution >= 4 is 34.9 Å². The van der Waals surface area contributed by atoms with Crippen LogP contribution in [0.3, 0.4) is 0 Å². The molecule has 1 aliphatic heterocycles. The van der Waals surface area contributed by atoms with Crippen molar-refractivity contribution < 1.29 is 28.2 Å². The van der Waals surface area contributed by atoms with Crippen LogP contribution in [0.25, 0.3) is 11.2 Å². The standard InChI is InChI=1S/C21H31FN6O5/c1-10(2)7-13(29)31-8-12-15(33-18(30)11(3)4)21(5,22)19(32-12)28-9-25-14-16(24-6)26-20(23)27-17(14)28/h9-12,15,19H,7-8H2,1-6H3,(H3,23,24,26,27)/t12-,15-,19-,21-/m1/s1. The van der Waals surface area contributed by atoms with Gasteiger partial charge in [-0.3, -0.25) is 14.2 Å². The molecular formula is C21H31FN6O5. The quantitative estimate of drug-likeness (QED) is 0.556. The molecule has 0 radical (unpaired) electrons. The number of carbonyl (C=O) groups is 2.